The summed E-state index contributed by atoms with van der Waals surface area (Å²) in [7, 11) is 0. The van der Waals surface area contributed by atoms with Crippen molar-refractivity contribution in [1.29, 1.82) is 0 Å². The molecular formula is CCeFLaO3+3. The summed E-state index contributed by atoms with van der Waals surface area (Å²) in [6.45, 7) is 0. The van der Waals surface area contributed by atoms with Gasteiger partial charge in [-0.15, -0.1) is 0 Å². The van der Waals surface area contributed by atoms with Crippen molar-refractivity contribution in [3.63, 3.8) is 0 Å². The van der Waals surface area contributed by atoms with E-state index in [1.165, 1.54) is 0 Å². The Balaban J connectivity index is -0.0000000150. The molecule has 7 heavy (non-hydrogen) atoms. The van der Waals surface area contributed by atoms with Gasteiger partial charge in [0.15, 0.2) is 0 Å². The van der Waals surface area contributed by atoms with Crippen molar-refractivity contribution in [2.75, 3.05) is 0 Å². The van der Waals surface area contributed by atoms with Crippen molar-refractivity contribution in [2.45, 2.75) is 0 Å². The zero-order valence-corrected chi connectivity index (χ0v) is 9.95. The van der Waals surface area contributed by atoms with Gasteiger partial charge in [0.2, 0.25) is 0 Å². The molecule has 0 spiro atoms. The average molecular weight is 358 g/mol. The summed E-state index contributed by atoms with van der Waals surface area (Å²) >= 11 is 0. The molecule has 0 bridgehead atoms. The third-order valence-corrected chi connectivity index (χ3v) is 0. The molecule has 0 saturated heterocycles. The molecule has 0 amide bonds. The Morgan fingerprint density at radius 1 is 1.29 bits per heavy atom. The van der Waals surface area contributed by atoms with Crippen LogP contribution in [0.4, 0.5) is 4.79 Å². The number of rotatable bonds is 0. The fraction of sp³-hybridized carbons (Fsp3) is 0. The third kappa shape index (κ3) is 82.5. The fourth-order valence-corrected chi connectivity index (χ4v) is 0. The van der Waals surface area contributed by atoms with Crippen molar-refractivity contribution in [2.24, 2.45) is 0 Å². The molecule has 6 heteroatoms. The maximum Gasteiger partial charge on any atom is 3.00 e. The second-order valence-corrected chi connectivity index (χ2v) is 0.250. The number of carbonyl (C=O) groups excluding carboxylic acids is 1. The van der Waals surface area contributed by atoms with Crippen LogP contribution in [0.25, 0.3) is 0 Å². The van der Waals surface area contributed by atoms with Crippen LogP contribution in [-0.2, 0) is 0 Å². The van der Waals surface area contributed by atoms with Crippen LogP contribution >= 0.6 is 0 Å². The summed E-state index contributed by atoms with van der Waals surface area (Å²) in [5.74, 6) is 0. The van der Waals surface area contributed by atoms with Crippen molar-refractivity contribution in [1.82, 2.24) is 0 Å². The zero-order valence-electron chi connectivity index (χ0n) is 3.18. The second kappa shape index (κ2) is 15.7. The number of hydrogen-bond acceptors (Lipinski definition) is 3. The number of carboxylic acid groups (broad SMARTS) is 2. The van der Waals surface area contributed by atoms with Gasteiger partial charge in [-0.05, 0) is 6.16 Å². The summed E-state index contributed by atoms with van der Waals surface area (Å²) in [6, 6.07) is 0. The first kappa shape index (κ1) is 23.3. The fourth-order valence-electron chi connectivity index (χ4n) is 0. The SMILES string of the molecule is O=C([O-])[O-].[Ce+3].[F-].[La+3]. The van der Waals surface area contributed by atoms with Crippen molar-refractivity contribution >= 4 is 6.16 Å². The molecule has 0 aromatic rings. The van der Waals surface area contributed by atoms with E-state index >= 15 is 0 Å². The quantitative estimate of drug-likeness (QED) is 0.434. The standard InChI is InChI=1S/CH2O3.Ce.FH.La/c2-1(3)4;;;/h(H2,2,3,4);;1H;/q;+3;;+3/p-3. The Hall–Kier alpha value is 1.77. The maximum atomic E-state index is 8.33. The van der Waals surface area contributed by atoms with Crippen LogP contribution in [0.3, 0.4) is 0 Å². The number of halogens is 1. The molecule has 0 aliphatic rings. The van der Waals surface area contributed by atoms with Gasteiger partial charge in [-0.3, -0.25) is 0 Å². The summed E-state index contributed by atoms with van der Waals surface area (Å²) in [4.78, 5) is 8.33. The van der Waals surface area contributed by atoms with E-state index in [4.69, 9.17) is 15.0 Å². The molecule has 0 aromatic carbocycles. The Morgan fingerprint density at radius 2 is 1.29 bits per heavy atom. The molecule has 0 unspecified atom stereocenters. The minimum Gasteiger partial charge on any atom is -1.00 e. The van der Waals surface area contributed by atoms with E-state index in [2.05, 4.69) is 0 Å². The van der Waals surface area contributed by atoms with Crippen molar-refractivity contribution < 1.29 is 97.1 Å². The molecule has 0 aromatic heterocycles. The van der Waals surface area contributed by atoms with Gasteiger partial charge in [0.05, 0.1) is 0 Å². The number of hydrogen-bond donors (Lipinski definition) is 0. The zero-order chi connectivity index (χ0) is 3.58. The first-order valence-corrected chi connectivity index (χ1v) is 0.612. The van der Waals surface area contributed by atoms with E-state index < -0.39 is 6.16 Å². The predicted octanol–water partition coefficient (Wildman–Crippen LogP) is -5.44. The van der Waals surface area contributed by atoms with Gasteiger partial charge in [-0.25, -0.2) is 0 Å². The molecule has 0 aliphatic carbocycles. The molecule has 0 saturated carbocycles. The van der Waals surface area contributed by atoms with Crippen molar-refractivity contribution in [3.05, 3.63) is 0 Å². The van der Waals surface area contributed by atoms with E-state index in [0.29, 0.717) is 0 Å². The Morgan fingerprint density at radius 3 is 1.29 bits per heavy atom. The summed E-state index contributed by atoms with van der Waals surface area (Å²) in [5.41, 5.74) is 0. The Kier molecular flexibility index (Phi) is 52.0. The van der Waals surface area contributed by atoms with Crippen LogP contribution in [-0.4, -0.2) is 6.16 Å². The second-order valence-electron chi connectivity index (χ2n) is 0.250. The van der Waals surface area contributed by atoms with Gasteiger partial charge in [-0.2, -0.15) is 0 Å². The normalized spacial score (nSPS) is 3.43. The van der Waals surface area contributed by atoms with Gasteiger partial charge < -0.3 is 19.7 Å². The van der Waals surface area contributed by atoms with E-state index in [9.17, 15) is 0 Å². The largest absolute Gasteiger partial charge is 3.00 e. The van der Waals surface area contributed by atoms with E-state index in [-0.39, 0.29) is 82.1 Å². The summed E-state index contributed by atoms with van der Waals surface area (Å²) in [6.07, 6.45) is -2.33. The van der Waals surface area contributed by atoms with Gasteiger partial charge in [-0.1, -0.05) is 0 Å². The first-order chi connectivity index (χ1) is 1.73. The van der Waals surface area contributed by atoms with Crippen molar-refractivity contribution in [3.8, 4) is 0 Å². The molecule has 3 nitrogen and oxygen atoms in total. The monoisotopic (exact) mass is 358 g/mol. The minimum atomic E-state index is -2.33. The first-order valence-electron chi connectivity index (χ1n) is 0.612. The third-order valence-electron chi connectivity index (χ3n) is 0. The molecule has 0 heterocycles. The van der Waals surface area contributed by atoms with E-state index in [0.717, 1.165) is 0 Å². The van der Waals surface area contributed by atoms with Crippen LogP contribution in [0.15, 0.2) is 0 Å². The molecule has 33 valence electrons. The summed E-state index contributed by atoms with van der Waals surface area (Å²) in [5, 5.41) is 16.7. The van der Waals surface area contributed by atoms with Crippen LogP contribution in [0.5, 0.6) is 0 Å². The topological polar surface area (TPSA) is 63.2 Å². The summed E-state index contributed by atoms with van der Waals surface area (Å²) < 4.78 is 0. The maximum absolute atomic E-state index is 8.33. The molecule has 0 atom stereocenters. The van der Waals surface area contributed by atoms with Crippen LogP contribution in [0.1, 0.15) is 0 Å². The van der Waals surface area contributed by atoms with Gasteiger partial charge in [0.1, 0.15) is 0 Å². The van der Waals surface area contributed by atoms with Crippen LogP contribution in [0, 0.1) is 77.3 Å². The van der Waals surface area contributed by atoms with E-state index in [1.807, 2.05) is 0 Å². The van der Waals surface area contributed by atoms with Gasteiger partial charge >= 0.3 is 77.3 Å². The molecule has 0 N–H and O–H groups in total. The minimum absolute atomic E-state index is 0. The van der Waals surface area contributed by atoms with Gasteiger partial charge in [0, 0.05) is 0 Å². The van der Waals surface area contributed by atoms with Crippen LogP contribution in [0.2, 0.25) is 0 Å². The van der Waals surface area contributed by atoms with Crippen LogP contribution < -0.4 is 14.9 Å². The Bertz CT molecular complexity index is 37.9. The number of carbonyl (C=O) groups is 1. The Labute approximate surface area is 101 Å². The van der Waals surface area contributed by atoms with E-state index in [1.54, 1.807) is 0 Å². The molecule has 0 rings (SSSR count). The van der Waals surface area contributed by atoms with Gasteiger partial charge in [0.25, 0.3) is 0 Å². The molecular weight excluding hydrogens is 358 g/mol. The molecule has 0 aliphatic heterocycles. The smallest absolute Gasteiger partial charge is 1.00 e. The molecule has 1 radical (unpaired) electrons. The predicted molar refractivity (Wildman–Crippen MR) is 5.40 cm³/mol. The average Bonchev–Trinajstić information content (AvgIpc) is 0.811. The molecule has 0 fully saturated rings.